The van der Waals surface area contributed by atoms with Gasteiger partial charge in [-0.3, -0.25) is 0 Å². The lowest BCUT2D eigenvalue weighted by molar-refractivity contribution is 0.964. The minimum Gasteiger partial charge on any atom is -0.318 e. The third-order valence-corrected chi connectivity index (χ3v) is 8.26. The van der Waals surface area contributed by atoms with Crippen molar-refractivity contribution < 1.29 is 0 Å². The highest BCUT2D eigenvalue weighted by molar-refractivity contribution is 9.10. The summed E-state index contributed by atoms with van der Waals surface area (Å²) in [7, 11) is 0. The van der Waals surface area contributed by atoms with Crippen LogP contribution in [0.1, 0.15) is 22.0 Å². The number of aromatic nitrogens is 2. The summed E-state index contributed by atoms with van der Waals surface area (Å²) in [6, 6.07) is 31.5. The van der Waals surface area contributed by atoms with Crippen LogP contribution in [-0.2, 0) is 0 Å². The van der Waals surface area contributed by atoms with Crippen LogP contribution < -0.4 is 0 Å². The van der Waals surface area contributed by atoms with Gasteiger partial charge < -0.3 is 4.57 Å². The molecule has 3 aromatic carbocycles. The highest BCUT2D eigenvalue weighted by Gasteiger charge is 2.13. The molecule has 0 aliphatic rings. The van der Waals surface area contributed by atoms with Crippen LogP contribution in [0, 0.1) is 25.2 Å². The molecule has 0 amide bonds. The standard InChI is InChI=1S/C30H22BrN3S2/c1-20-16-23(21(2)34(20)26-12-10-25(31)11-13-26)17-24(18-32)30-33-29(19-35-30)22-8-14-28(15-9-22)36-27-6-4-3-5-7-27/h3-17,19H,1-2H3/b24-17+. The molecule has 3 nitrogen and oxygen atoms in total. The van der Waals surface area contributed by atoms with Crippen LogP contribution >= 0.6 is 39.0 Å². The molecule has 0 atom stereocenters. The number of allylic oxidation sites excluding steroid dienone is 1. The van der Waals surface area contributed by atoms with E-state index in [0.29, 0.717) is 5.57 Å². The van der Waals surface area contributed by atoms with E-state index < -0.39 is 0 Å². The first-order chi connectivity index (χ1) is 17.5. The minimum absolute atomic E-state index is 0.568. The van der Waals surface area contributed by atoms with Gasteiger partial charge in [0.05, 0.1) is 11.3 Å². The molecule has 0 spiro atoms. The van der Waals surface area contributed by atoms with Gasteiger partial charge in [0.1, 0.15) is 11.1 Å². The lowest BCUT2D eigenvalue weighted by Crippen LogP contribution is -1.98. The highest BCUT2D eigenvalue weighted by Crippen LogP contribution is 2.32. The maximum atomic E-state index is 9.95. The third kappa shape index (κ3) is 5.24. The van der Waals surface area contributed by atoms with Gasteiger partial charge >= 0.3 is 0 Å². The molecule has 176 valence electrons. The summed E-state index contributed by atoms with van der Waals surface area (Å²) in [5.41, 5.74) is 6.81. The van der Waals surface area contributed by atoms with Crippen molar-refractivity contribution >= 4 is 50.7 Å². The number of aryl methyl sites for hydroxylation is 1. The van der Waals surface area contributed by atoms with Gasteiger partial charge in [-0.25, -0.2) is 4.98 Å². The quantitative estimate of drug-likeness (QED) is 0.192. The van der Waals surface area contributed by atoms with E-state index in [9.17, 15) is 5.26 Å². The van der Waals surface area contributed by atoms with Crippen LogP contribution in [0.25, 0.3) is 28.6 Å². The number of rotatable bonds is 6. The van der Waals surface area contributed by atoms with Crippen molar-refractivity contribution in [1.29, 1.82) is 5.26 Å². The summed E-state index contributed by atoms with van der Waals surface area (Å²) in [6.07, 6.45) is 1.94. The predicted octanol–water partition coefficient (Wildman–Crippen LogP) is 9.20. The first-order valence-corrected chi connectivity index (χ1v) is 13.9. The van der Waals surface area contributed by atoms with Gasteiger partial charge in [0.15, 0.2) is 0 Å². The number of nitrogens with zero attached hydrogens (tertiary/aromatic N) is 3. The molecule has 0 saturated heterocycles. The van der Waals surface area contributed by atoms with Crippen LogP contribution in [0.3, 0.4) is 0 Å². The molecule has 2 aromatic heterocycles. The highest BCUT2D eigenvalue weighted by atomic mass is 79.9. The first kappa shape index (κ1) is 24.3. The fourth-order valence-electron chi connectivity index (χ4n) is 4.07. The van der Waals surface area contributed by atoms with E-state index in [1.54, 1.807) is 11.8 Å². The molecule has 0 unspecified atom stereocenters. The van der Waals surface area contributed by atoms with Gasteiger partial charge in [-0.1, -0.05) is 58.0 Å². The van der Waals surface area contributed by atoms with Crippen LogP contribution in [-0.4, -0.2) is 9.55 Å². The zero-order valence-electron chi connectivity index (χ0n) is 19.8. The Hall–Kier alpha value is -3.37. The molecule has 0 radical (unpaired) electrons. The Kier molecular flexibility index (Phi) is 7.24. The second kappa shape index (κ2) is 10.7. The van der Waals surface area contributed by atoms with Crippen molar-refractivity contribution in [3.05, 3.63) is 117 Å². The van der Waals surface area contributed by atoms with Crippen LogP contribution in [0.4, 0.5) is 0 Å². The van der Waals surface area contributed by atoms with Crippen molar-refractivity contribution in [1.82, 2.24) is 9.55 Å². The van der Waals surface area contributed by atoms with E-state index in [0.717, 1.165) is 43.4 Å². The molecule has 2 heterocycles. The summed E-state index contributed by atoms with van der Waals surface area (Å²) in [5.74, 6) is 0. The Labute approximate surface area is 227 Å². The fraction of sp³-hybridized carbons (Fsp3) is 0.0667. The number of halogens is 1. The molecule has 0 fully saturated rings. The van der Waals surface area contributed by atoms with Crippen LogP contribution in [0.15, 0.2) is 105 Å². The summed E-state index contributed by atoms with van der Waals surface area (Å²) >= 11 is 6.74. The van der Waals surface area contributed by atoms with Gasteiger partial charge in [-0.15, -0.1) is 11.3 Å². The van der Waals surface area contributed by atoms with Crippen LogP contribution in [0.2, 0.25) is 0 Å². The van der Waals surface area contributed by atoms with Gasteiger partial charge in [0.2, 0.25) is 0 Å². The Morgan fingerprint density at radius 1 is 0.972 bits per heavy atom. The molecule has 5 aromatic rings. The van der Waals surface area contributed by atoms with E-state index in [1.165, 1.54) is 21.1 Å². The summed E-state index contributed by atoms with van der Waals surface area (Å²) in [6.45, 7) is 4.16. The zero-order chi connectivity index (χ0) is 25.1. The SMILES string of the molecule is Cc1cc(/C=C(\C#N)c2nc(-c3ccc(Sc4ccccc4)cc3)cs2)c(C)n1-c1ccc(Br)cc1. The molecule has 36 heavy (non-hydrogen) atoms. The Morgan fingerprint density at radius 2 is 1.67 bits per heavy atom. The number of hydrogen-bond donors (Lipinski definition) is 0. The number of thiazole rings is 1. The second-order valence-electron chi connectivity index (χ2n) is 8.29. The van der Waals surface area contributed by atoms with E-state index >= 15 is 0 Å². The average molecular weight is 569 g/mol. The third-order valence-electron chi connectivity index (χ3n) is 5.84. The Morgan fingerprint density at radius 3 is 2.36 bits per heavy atom. The molecule has 0 aliphatic carbocycles. The second-order valence-corrected chi connectivity index (χ2v) is 11.2. The molecule has 0 bridgehead atoms. The predicted molar refractivity (Wildman–Crippen MR) is 155 cm³/mol. The maximum Gasteiger partial charge on any atom is 0.134 e. The molecule has 0 saturated carbocycles. The minimum atomic E-state index is 0.568. The number of nitriles is 1. The molecule has 5 rings (SSSR count). The Balaban J connectivity index is 1.39. The summed E-state index contributed by atoms with van der Waals surface area (Å²) < 4.78 is 3.25. The van der Waals surface area contributed by atoms with Gasteiger partial charge in [-0.05, 0) is 80.1 Å². The first-order valence-electron chi connectivity index (χ1n) is 11.4. The van der Waals surface area contributed by atoms with Gasteiger partial charge in [0, 0.05) is 42.3 Å². The van der Waals surface area contributed by atoms with Crippen molar-refractivity contribution in [2.24, 2.45) is 0 Å². The van der Waals surface area contributed by atoms with Crippen molar-refractivity contribution in [2.45, 2.75) is 23.6 Å². The number of hydrogen-bond acceptors (Lipinski definition) is 4. The monoisotopic (exact) mass is 567 g/mol. The molecule has 6 heteroatoms. The molecule has 0 N–H and O–H groups in total. The van der Waals surface area contributed by atoms with E-state index in [-0.39, 0.29) is 0 Å². The van der Waals surface area contributed by atoms with Gasteiger partial charge in [-0.2, -0.15) is 5.26 Å². The van der Waals surface area contributed by atoms with Crippen molar-refractivity contribution in [3.8, 4) is 23.0 Å². The topological polar surface area (TPSA) is 41.6 Å². The molecular formula is C30H22BrN3S2. The molecule has 0 aliphatic heterocycles. The van der Waals surface area contributed by atoms with Crippen LogP contribution in [0.5, 0.6) is 0 Å². The van der Waals surface area contributed by atoms with E-state index in [2.05, 4.69) is 95.0 Å². The van der Waals surface area contributed by atoms with E-state index in [4.69, 9.17) is 4.98 Å². The lowest BCUT2D eigenvalue weighted by atomic mass is 10.1. The van der Waals surface area contributed by atoms with E-state index in [1.807, 2.05) is 41.8 Å². The smallest absolute Gasteiger partial charge is 0.134 e. The fourth-order valence-corrected chi connectivity index (χ4v) is 5.96. The molecular weight excluding hydrogens is 546 g/mol. The average Bonchev–Trinajstić information content (AvgIpc) is 3.49. The zero-order valence-corrected chi connectivity index (χ0v) is 23.0. The van der Waals surface area contributed by atoms with Gasteiger partial charge in [0.25, 0.3) is 0 Å². The largest absolute Gasteiger partial charge is 0.318 e. The normalized spacial score (nSPS) is 11.4. The summed E-state index contributed by atoms with van der Waals surface area (Å²) in [5, 5.41) is 12.7. The lowest BCUT2D eigenvalue weighted by Gasteiger charge is -2.09. The Bertz CT molecular complexity index is 1570. The summed E-state index contributed by atoms with van der Waals surface area (Å²) in [4.78, 5) is 7.19. The number of benzene rings is 3. The maximum absolute atomic E-state index is 9.95. The van der Waals surface area contributed by atoms with Crippen molar-refractivity contribution in [2.75, 3.05) is 0 Å². The van der Waals surface area contributed by atoms with Crippen molar-refractivity contribution in [3.63, 3.8) is 0 Å².